The van der Waals surface area contributed by atoms with Gasteiger partial charge in [0.1, 0.15) is 5.82 Å². The molecule has 20 heavy (non-hydrogen) atoms. The molecule has 0 spiro atoms. The second-order valence-corrected chi connectivity index (χ2v) is 5.77. The Bertz CT molecular complexity index is 557. The summed E-state index contributed by atoms with van der Waals surface area (Å²) < 4.78 is 13.3. The van der Waals surface area contributed by atoms with Gasteiger partial charge >= 0.3 is 12.0 Å². The van der Waals surface area contributed by atoms with Crippen LogP contribution in [0, 0.1) is 11.2 Å². The lowest BCUT2D eigenvalue weighted by Crippen LogP contribution is -2.34. The molecule has 2 amide bonds. The first-order chi connectivity index (χ1) is 9.28. The van der Waals surface area contributed by atoms with Gasteiger partial charge in [-0.1, -0.05) is 13.8 Å². The topological polar surface area (TPSA) is 69.6 Å². The van der Waals surface area contributed by atoms with Crippen molar-refractivity contribution in [1.29, 1.82) is 0 Å². The van der Waals surface area contributed by atoms with Gasteiger partial charge in [-0.25, -0.2) is 14.0 Å². The van der Waals surface area contributed by atoms with Crippen LogP contribution in [0.5, 0.6) is 0 Å². The third kappa shape index (κ3) is 3.07. The lowest BCUT2D eigenvalue weighted by molar-refractivity contribution is 0.0692. The van der Waals surface area contributed by atoms with Crippen LogP contribution in [0.2, 0.25) is 0 Å². The average molecular weight is 280 g/mol. The molecule has 0 aromatic heterocycles. The maximum Gasteiger partial charge on any atom is 0.338 e. The van der Waals surface area contributed by atoms with E-state index in [2.05, 4.69) is 19.2 Å². The Morgan fingerprint density at radius 2 is 2.10 bits per heavy atom. The number of carboxylic acid groups (broad SMARTS) is 1. The number of hydrogen-bond acceptors (Lipinski definition) is 2. The number of urea groups is 1. The molecule has 1 aromatic carbocycles. The number of likely N-dealkylation sites (tertiary alicyclic amines) is 1. The SMILES string of the molecule is CC1(C)CCN(C(=O)Nc2ccc(F)c(C(=O)O)c2)C1. The van der Waals surface area contributed by atoms with Crippen molar-refractivity contribution in [1.82, 2.24) is 4.90 Å². The minimum atomic E-state index is -1.36. The van der Waals surface area contributed by atoms with E-state index in [1.165, 1.54) is 6.07 Å². The summed E-state index contributed by atoms with van der Waals surface area (Å²) in [6.45, 7) is 5.47. The van der Waals surface area contributed by atoms with Crippen LogP contribution in [-0.2, 0) is 0 Å². The molecule has 1 heterocycles. The van der Waals surface area contributed by atoms with Crippen LogP contribution in [-0.4, -0.2) is 35.1 Å². The highest BCUT2D eigenvalue weighted by Gasteiger charge is 2.32. The monoisotopic (exact) mass is 280 g/mol. The van der Waals surface area contributed by atoms with Gasteiger partial charge in [-0.3, -0.25) is 0 Å². The number of rotatable bonds is 2. The summed E-state index contributed by atoms with van der Waals surface area (Å²) in [5, 5.41) is 11.4. The van der Waals surface area contributed by atoms with E-state index in [1.807, 2.05) is 0 Å². The fraction of sp³-hybridized carbons (Fsp3) is 0.429. The maximum atomic E-state index is 13.3. The van der Waals surface area contributed by atoms with Crippen LogP contribution in [0.15, 0.2) is 18.2 Å². The van der Waals surface area contributed by atoms with Crippen molar-refractivity contribution >= 4 is 17.7 Å². The van der Waals surface area contributed by atoms with E-state index in [9.17, 15) is 14.0 Å². The molecule has 1 aliphatic heterocycles. The fourth-order valence-electron chi connectivity index (χ4n) is 2.26. The van der Waals surface area contributed by atoms with Gasteiger partial charge in [0.25, 0.3) is 0 Å². The highest BCUT2D eigenvalue weighted by atomic mass is 19.1. The Balaban J connectivity index is 2.09. The van der Waals surface area contributed by atoms with Gasteiger partial charge in [-0.15, -0.1) is 0 Å². The molecule has 0 bridgehead atoms. The van der Waals surface area contributed by atoms with Crippen molar-refractivity contribution in [2.75, 3.05) is 18.4 Å². The number of nitrogens with zero attached hydrogens (tertiary/aromatic N) is 1. The molecule has 2 N–H and O–H groups in total. The highest BCUT2D eigenvalue weighted by Crippen LogP contribution is 2.29. The number of hydrogen-bond donors (Lipinski definition) is 2. The molecular formula is C14H17FN2O3. The molecule has 1 fully saturated rings. The van der Waals surface area contributed by atoms with Crippen molar-refractivity contribution < 1.29 is 19.1 Å². The van der Waals surface area contributed by atoms with Crippen molar-refractivity contribution in [3.05, 3.63) is 29.6 Å². The van der Waals surface area contributed by atoms with Crippen molar-refractivity contribution in [2.24, 2.45) is 5.41 Å². The molecule has 1 saturated heterocycles. The first kappa shape index (κ1) is 14.3. The molecule has 0 saturated carbocycles. The minimum absolute atomic E-state index is 0.0896. The molecule has 0 unspecified atom stereocenters. The van der Waals surface area contributed by atoms with Gasteiger partial charge in [0, 0.05) is 18.8 Å². The van der Waals surface area contributed by atoms with E-state index in [-0.39, 0.29) is 17.1 Å². The van der Waals surface area contributed by atoms with Crippen LogP contribution < -0.4 is 5.32 Å². The van der Waals surface area contributed by atoms with E-state index >= 15 is 0 Å². The Labute approximate surface area is 116 Å². The Hall–Kier alpha value is -2.11. The third-order valence-corrected chi connectivity index (χ3v) is 3.41. The number of halogens is 1. The quantitative estimate of drug-likeness (QED) is 0.875. The lowest BCUT2D eigenvalue weighted by atomic mass is 9.93. The van der Waals surface area contributed by atoms with Crippen LogP contribution in [0.25, 0.3) is 0 Å². The number of amides is 2. The van der Waals surface area contributed by atoms with Crippen LogP contribution in [0.3, 0.4) is 0 Å². The molecule has 6 heteroatoms. The summed E-state index contributed by atoms with van der Waals surface area (Å²) >= 11 is 0. The molecular weight excluding hydrogens is 263 g/mol. The summed E-state index contributed by atoms with van der Waals surface area (Å²) in [7, 11) is 0. The third-order valence-electron chi connectivity index (χ3n) is 3.41. The smallest absolute Gasteiger partial charge is 0.338 e. The predicted octanol–water partition coefficient (Wildman–Crippen LogP) is 2.79. The number of nitrogens with one attached hydrogen (secondary N) is 1. The van der Waals surface area contributed by atoms with E-state index in [0.717, 1.165) is 18.6 Å². The van der Waals surface area contributed by atoms with Gasteiger partial charge in [0.15, 0.2) is 0 Å². The fourth-order valence-corrected chi connectivity index (χ4v) is 2.26. The van der Waals surface area contributed by atoms with Gasteiger partial charge in [-0.2, -0.15) is 0 Å². The maximum absolute atomic E-state index is 13.3. The second kappa shape index (κ2) is 5.11. The summed E-state index contributed by atoms with van der Waals surface area (Å²) in [5.74, 6) is -2.18. The number of anilines is 1. The molecule has 1 aliphatic rings. The Morgan fingerprint density at radius 3 is 2.65 bits per heavy atom. The second-order valence-electron chi connectivity index (χ2n) is 5.77. The van der Waals surface area contributed by atoms with Crippen LogP contribution in [0.1, 0.15) is 30.6 Å². The number of benzene rings is 1. The summed E-state index contributed by atoms with van der Waals surface area (Å²) in [5.41, 5.74) is -0.0881. The first-order valence-corrected chi connectivity index (χ1v) is 6.37. The van der Waals surface area contributed by atoms with Gasteiger partial charge in [0.2, 0.25) is 0 Å². The predicted molar refractivity (Wildman–Crippen MR) is 72.3 cm³/mol. The zero-order chi connectivity index (χ0) is 14.9. The molecule has 0 atom stereocenters. The zero-order valence-electron chi connectivity index (χ0n) is 11.4. The zero-order valence-corrected chi connectivity index (χ0v) is 11.4. The van der Waals surface area contributed by atoms with E-state index in [4.69, 9.17) is 5.11 Å². The largest absolute Gasteiger partial charge is 0.478 e. The van der Waals surface area contributed by atoms with Crippen LogP contribution >= 0.6 is 0 Å². The molecule has 0 aliphatic carbocycles. The van der Waals surface area contributed by atoms with Crippen molar-refractivity contribution in [2.45, 2.75) is 20.3 Å². The van der Waals surface area contributed by atoms with Gasteiger partial charge < -0.3 is 15.3 Å². The summed E-state index contributed by atoms with van der Waals surface area (Å²) in [4.78, 5) is 24.6. The van der Waals surface area contributed by atoms with E-state index < -0.39 is 17.3 Å². The average Bonchev–Trinajstić information content (AvgIpc) is 2.72. The molecule has 108 valence electrons. The summed E-state index contributed by atoms with van der Waals surface area (Å²) in [6, 6.07) is 3.21. The molecule has 0 radical (unpaired) electrons. The normalized spacial score (nSPS) is 17.1. The minimum Gasteiger partial charge on any atom is -0.478 e. The Morgan fingerprint density at radius 1 is 1.40 bits per heavy atom. The molecule has 2 rings (SSSR count). The molecule has 5 nitrogen and oxygen atoms in total. The highest BCUT2D eigenvalue weighted by molar-refractivity contribution is 5.93. The van der Waals surface area contributed by atoms with Crippen molar-refractivity contribution in [3.63, 3.8) is 0 Å². The Kier molecular flexibility index (Phi) is 3.65. The van der Waals surface area contributed by atoms with Gasteiger partial charge in [-0.05, 0) is 30.0 Å². The number of carbonyl (C=O) groups is 2. The van der Waals surface area contributed by atoms with E-state index in [1.54, 1.807) is 4.90 Å². The number of aromatic carboxylic acids is 1. The first-order valence-electron chi connectivity index (χ1n) is 6.37. The lowest BCUT2D eigenvalue weighted by Gasteiger charge is -2.20. The number of carbonyl (C=O) groups excluding carboxylic acids is 1. The van der Waals surface area contributed by atoms with E-state index in [0.29, 0.717) is 13.1 Å². The standard InChI is InChI=1S/C14H17FN2O3/c1-14(2)5-6-17(8-14)13(20)16-9-3-4-11(15)10(7-9)12(18)19/h3-4,7H,5-6,8H2,1-2H3,(H,16,20)(H,18,19). The number of carboxylic acids is 1. The summed E-state index contributed by atoms with van der Waals surface area (Å²) in [6.07, 6.45) is 0.921. The van der Waals surface area contributed by atoms with Crippen molar-refractivity contribution in [3.8, 4) is 0 Å². The molecule has 1 aromatic rings. The van der Waals surface area contributed by atoms with Crippen LogP contribution in [0.4, 0.5) is 14.9 Å². The van der Waals surface area contributed by atoms with Gasteiger partial charge in [0.05, 0.1) is 5.56 Å².